The Bertz CT molecular complexity index is 768. The molecule has 7 heteroatoms. The minimum atomic E-state index is -0.713. The molecule has 132 valence electrons. The third-order valence-corrected chi connectivity index (χ3v) is 4.17. The van der Waals surface area contributed by atoms with Crippen LogP contribution in [0.1, 0.15) is 6.92 Å². The molecule has 1 aliphatic heterocycles. The molecular weight excluding hydrogens is 365 g/mol. The Labute approximate surface area is 155 Å². The molecule has 0 unspecified atom stereocenters. The third kappa shape index (κ3) is 4.50. The van der Waals surface area contributed by atoms with Crippen LogP contribution in [0.15, 0.2) is 42.5 Å². The molecule has 25 heavy (non-hydrogen) atoms. The molecule has 2 aromatic rings. The van der Waals surface area contributed by atoms with E-state index < -0.39 is 6.10 Å². The summed E-state index contributed by atoms with van der Waals surface area (Å²) in [5, 5.41) is 3.65. The number of ether oxygens (including phenoxy) is 3. The molecule has 0 saturated carbocycles. The average molecular weight is 382 g/mol. The summed E-state index contributed by atoms with van der Waals surface area (Å²) < 4.78 is 17.0. The third-order valence-electron chi connectivity index (χ3n) is 3.64. The van der Waals surface area contributed by atoms with Gasteiger partial charge in [-0.3, -0.25) is 4.79 Å². The zero-order chi connectivity index (χ0) is 17.8. The lowest BCUT2D eigenvalue weighted by atomic mass is 10.2. The Balaban J connectivity index is 1.51. The number of hydrogen-bond donors (Lipinski definition) is 1. The average Bonchev–Trinajstić information content (AvgIpc) is 2.61. The summed E-state index contributed by atoms with van der Waals surface area (Å²) in [6.45, 7) is 2.33. The molecule has 0 aliphatic carbocycles. The van der Waals surface area contributed by atoms with Crippen LogP contribution in [0, 0.1) is 0 Å². The van der Waals surface area contributed by atoms with Gasteiger partial charge >= 0.3 is 0 Å². The lowest BCUT2D eigenvalue weighted by molar-refractivity contribution is -0.127. The van der Waals surface area contributed by atoms with Gasteiger partial charge in [-0.1, -0.05) is 35.3 Å². The minimum Gasteiger partial charge on any atom is -0.486 e. The van der Waals surface area contributed by atoms with Crippen molar-refractivity contribution >= 4 is 29.1 Å². The van der Waals surface area contributed by atoms with Crippen LogP contribution >= 0.6 is 23.2 Å². The zero-order valence-corrected chi connectivity index (χ0v) is 15.0. The Morgan fingerprint density at radius 3 is 2.80 bits per heavy atom. The lowest BCUT2D eigenvalue weighted by Gasteiger charge is -2.27. The SMILES string of the molecule is C[C@@H](Oc1ccc(Cl)cc1Cl)C(=O)NC[C@H]1COc2ccccc2O1. The maximum atomic E-state index is 12.2. The number of carbonyl (C=O) groups is 1. The van der Waals surface area contributed by atoms with Crippen molar-refractivity contribution in [2.24, 2.45) is 0 Å². The first kappa shape index (κ1) is 17.7. The fourth-order valence-electron chi connectivity index (χ4n) is 2.34. The molecule has 5 nitrogen and oxygen atoms in total. The van der Waals surface area contributed by atoms with Crippen molar-refractivity contribution in [2.45, 2.75) is 19.1 Å². The number of rotatable bonds is 5. The van der Waals surface area contributed by atoms with Gasteiger partial charge in [0.15, 0.2) is 17.6 Å². The van der Waals surface area contributed by atoms with Crippen molar-refractivity contribution in [3.05, 3.63) is 52.5 Å². The van der Waals surface area contributed by atoms with Crippen LogP contribution in [-0.4, -0.2) is 31.3 Å². The monoisotopic (exact) mass is 381 g/mol. The second-order valence-corrected chi connectivity index (χ2v) is 6.42. The number of benzene rings is 2. The first-order chi connectivity index (χ1) is 12.0. The molecule has 0 fully saturated rings. The van der Waals surface area contributed by atoms with Gasteiger partial charge in [0.1, 0.15) is 18.5 Å². The zero-order valence-electron chi connectivity index (χ0n) is 13.5. The highest BCUT2D eigenvalue weighted by molar-refractivity contribution is 6.35. The van der Waals surface area contributed by atoms with E-state index >= 15 is 0 Å². The summed E-state index contributed by atoms with van der Waals surface area (Å²) >= 11 is 11.9. The van der Waals surface area contributed by atoms with E-state index in [9.17, 15) is 4.79 Å². The second-order valence-electron chi connectivity index (χ2n) is 5.58. The number of hydrogen-bond acceptors (Lipinski definition) is 4. The molecule has 1 heterocycles. The summed E-state index contributed by atoms with van der Waals surface area (Å²) in [5.41, 5.74) is 0. The van der Waals surface area contributed by atoms with Gasteiger partial charge in [-0.15, -0.1) is 0 Å². The fraction of sp³-hybridized carbons (Fsp3) is 0.278. The number of nitrogens with one attached hydrogen (secondary N) is 1. The Morgan fingerprint density at radius 2 is 2.04 bits per heavy atom. The van der Waals surface area contributed by atoms with Crippen molar-refractivity contribution in [2.75, 3.05) is 13.2 Å². The molecule has 0 spiro atoms. The minimum absolute atomic E-state index is 0.259. The standard InChI is InChI=1S/C18H17Cl2NO4/c1-11(24-15-7-6-12(19)8-14(15)20)18(22)21-9-13-10-23-16-4-2-3-5-17(16)25-13/h2-8,11,13H,9-10H2,1H3,(H,21,22)/t11-,13+/m1/s1. The summed E-state index contributed by atoms with van der Waals surface area (Å²) in [4.78, 5) is 12.2. The Kier molecular flexibility index (Phi) is 5.56. The van der Waals surface area contributed by atoms with Crippen LogP contribution < -0.4 is 19.5 Å². The van der Waals surface area contributed by atoms with Gasteiger partial charge < -0.3 is 19.5 Å². The summed E-state index contributed by atoms with van der Waals surface area (Å²) in [7, 11) is 0. The van der Waals surface area contributed by atoms with Crippen LogP contribution in [0.25, 0.3) is 0 Å². The molecule has 2 aromatic carbocycles. The first-order valence-electron chi connectivity index (χ1n) is 7.81. The first-order valence-corrected chi connectivity index (χ1v) is 8.56. The van der Waals surface area contributed by atoms with E-state index in [1.165, 1.54) is 0 Å². The van der Waals surface area contributed by atoms with E-state index in [-0.39, 0.29) is 12.0 Å². The number of carbonyl (C=O) groups excluding carboxylic acids is 1. The van der Waals surface area contributed by atoms with Crippen LogP contribution in [0.3, 0.4) is 0 Å². The molecule has 1 aliphatic rings. The van der Waals surface area contributed by atoms with E-state index in [2.05, 4.69) is 5.32 Å². The highest BCUT2D eigenvalue weighted by Crippen LogP contribution is 2.31. The summed E-state index contributed by atoms with van der Waals surface area (Å²) in [6.07, 6.45) is -0.972. The molecule has 0 saturated heterocycles. The smallest absolute Gasteiger partial charge is 0.260 e. The normalized spacial score (nSPS) is 16.8. The summed E-state index contributed by atoms with van der Waals surface area (Å²) in [6, 6.07) is 12.3. The van der Waals surface area contributed by atoms with Crippen LogP contribution in [0.4, 0.5) is 0 Å². The molecule has 3 rings (SSSR count). The molecule has 1 amide bonds. The fourth-order valence-corrected chi connectivity index (χ4v) is 2.79. The van der Waals surface area contributed by atoms with Crippen molar-refractivity contribution in [1.29, 1.82) is 0 Å². The molecule has 0 bridgehead atoms. The van der Waals surface area contributed by atoms with E-state index in [4.69, 9.17) is 37.4 Å². The van der Waals surface area contributed by atoms with Crippen LogP contribution in [0.2, 0.25) is 10.0 Å². The van der Waals surface area contributed by atoms with Gasteiger partial charge in [-0.25, -0.2) is 0 Å². The van der Waals surface area contributed by atoms with Gasteiger partial charge in [0.2, 0.25) is 0 Å². The van der Waals surface area contributed by atoms with E-state index in [1.54, 1.807) is 25.1 Å². The van der Waals surface area contributed by atoms with Crippen LogP contribution in [0.5, 0.6) is 17.2 Å². The van der Waals surface area contributed by atoms with Gasteiger partial charge in [0.05, 0.1) is 11.6 Å². The highest BCUT2D eigenvalue weighted by Gasteiger charge is 2.23. The van der Waals surface area contributed by atoms with Crippen molar-refractivity contribution in [3.63, 3.8) is 0 Å². The second kappa shape index (κ2) is 7.85. The number of halogens is 2. The van der Waals surface area contributed by atoms with E-state index in [0.29, 0.717) is 40.4 Å². The van der Waals surface area contributed by atoms with Crippen molar-refractivity contribution in [3.8, 4) is 17.2 Å². The maximum Gasteiger partial charge on any atom is 0.260 e. The molecular formula is C18H17Cl2NO4. The van der Waals surface area contributed by atoms with Gasteiger partial charge in [0.25, 0.3) is 5.91 Å². The van der Waals surface area contributed by atoms with Gasteiger partial charge in [-0.2, -0.15) is 0 Å². The molecule has 0 aromatic heterocycles. The predicted molar refractivity (Wildman–Crippen MR) is 95.9 cm³/mol. The lowest BCUT2D eigenvalue weighted by Crippen LogP contribution is -2.44. The van der Waals surface area contributed by atoms with Crippen molar-refractivity contribution in [1.82, 2.24) is 5.32 Å². The predicted octanol–water partition coefficient (Wildman–Crippen LogP) is 3.72. The number of amides is 1. The molecule has 1 N–H and O–H groups in total. The Morgan fingerprint density at radius 1 is 1.28 bits per heavy atom. The quantitative estimate of drug-likeness (QED) is 0.857. The van der Waals surface area contributed by atoms with E-state index in [1.807, 2.05) is 24.3 Å². The topological polar surface area (TPSA) is 56.8 Å². The van der Waals surface area contributed by atoms with E-state index in [0.717, 1.165) is 0 Å². The number of para-hydroxylation sites is 2. The highest BCUT2D eigenvalue weighted by atomic mass is 35.5. The Hall–Kier alpha value is -2.11. The number of fused-ring (bicyclic) bond motifs is 1. The molecule has 0 radical (unpaired) electrons. The molecule has 2 atom stereocenters. The van der Waals surface area contributed by atoms with Crippen molar-refractivity contribution < 1.29 is 19.0 Å². The van der Waals surface area contributed by atoms with Gasteiger partial charge in [-0.05, 0) is 37.3 Å². The maximum absolute atomic E-state index is 12.2. The van der Waals surface area contributed by atoms with Crippen LogP contribution in [-0.2, 0) is 4.79 Å². The summed E-state index contributed by atoms with van der Waals surface area (Å²) in [5.74, 6) is 1.51. The largest absolute Gasteiger partial charge is 0.486 e. The van der Waals surface area contributed by atoms with Gasteiger partial charge in [0, 0.05) is 5.02 Å².